The summed E-state index contributed by atoms with van der Waals surface area (Å²) in [6, 6.07) is 3.91. The summed E-state index contributed by atoms with van der Waals surface area (Å²) in [6.45, 7) is 5.34. The van der Waals surface area contributed by atoms with Crippen molar-refractivity contribution in [3.05, 3.63) is 35.9 Å². The number of halogens is 3. The third-order valence-electron chi connectivity index (χ3n) is 1.95. The summed E-state index contributed by atoms with van der Waals surface area (Å²) >= 11 is 1.15. The summed E-state index contributed by atoms with van der Waals surface area (Å²) in [6.07, 6.45) is -4.32. The molecule has 0 amide bonds. The van der Waals surface area contributed by atoms with Gasteiger partial charge in [-0.05, 0) is 49.7 Å². The standard InChI is InChI=1S/C11H12F3NS/c1-7(2)8-4-9(11(12,13)14)6-10(5-8)16-15-3/h4-6,15H,1H2,2-3H3. The molecule has 0 aromatic heterocycles. The maximum absolute atomic E-state index is 12.6. The van der Waals surface area contributed by atoms with Crippen LogP contribution < -0.4 is 4.72 Å². The van der Waals surface area contributed by atoms with Gasteiger partial charge in [-0.3, -0.25) is 4.72 Å². The number of hydrogen-bond donors (Lipinski definition) is 1. The van der Waals surface area contributed by atoms with Gasteiger partial charge in [0.25, 0.3) is 0 Å². The molecule has 0 saturated carbocycles. The van der Waals surface area contributed by atoms with Gasteiger partial charge in [-0.15, -0.1) is 0 Å². The van der Waals surface area contributed by atoms with Crippen molar-refractivity contribution in [1.82, 2.24) is 4.72 Å². The molecule has 1 N–H and O–H groups in total. The molecule has 1 aromatic rings. The zero-order chi connectivity index (χ0) is 12.3. The van der Waals surface area contributed by atoms with E-state index in [1.807, 2.05) is 0 Å². The van der Waals surface area contributed by atoms with Gasteiger partial charge in [0.1, 0.15) is 0 Å². The van der Waals surface area contributed by atoms with Crippen LogP contribution in [0.5, 0.6) is 0 Å². The van der Waals surface area contributed by atoms with Crippen LogP contribution in [0.2, 0.25) is 0 Å². The Morgan fingerprint density at radius 3 is 2.38 bits per heavy atom. The Morgan fingerprint density at radius 2 is 1.94 bits per heavy atom. The van der Waals surface area contributed by atoms with E-state index in [1.54, 1.807) is 20.0 Å². The molecule has 0 aliphatic carbocycles. The van der Waals surface area contributed by atoms with Gasteiger partial charge < -0.3 is 0 Å². The van der Waals surface area contributed by atoms with Gasteiger partial charge in [0.15, 0.2) is 0 Å². The quantitative estimate of drug-likeness (QED) is 0.811. The Labute approximate surface area is 96.9 Å². The fourth-order valence-corrected chi connectivity index (χ4v) is 1.79. The molecule has 0 spiro atoms. The number of rotatable bonds is 3. The third kappa shape index (κ3) is 3.28. The largest absolute Gasteiger partial charge is 0.416 e. The topological polar surface area (TPSA) is 12.0 Å². The highest BCUT2D eigenvalue weighted by molar-refractivity contribution is 7.97. The Hall–Kier alpha value is -0.940. The Balaban J connectivity index is 3.24. The first kappa shape index (κ1) is 13.1. The molecule has 1 aromatic carbocycles. The summed E-state index contributed by atoms with van der Waals surface area (Å²) in [4.78, 5) is 0.523. The van der Waals surface area contributed by atoms with Crippen molar-refractivity contribution >= 4 is 17.5 Å². The third-order valence-corrected chi connectivity index (χ3v) is 2.62. The van der Waals surface area contributed by atoms with E-state index in [9.17, 15) is 13.2 Å². The molecule has 0 saturated heterocycles. The molecule has 1 nitrogen and oxygen atoms in total. The zero-order valence-corrected chi connectivity index (χ0v) is 9.80. The van der Waals surface area contributed by atoms with Crippen molar-refractivity contribution in [1.29, 1.82) is 0 Å². The van der Waals surface area contributed by atoms with E-state index < -0.39 is 11.7 Å². The molecule has 1 rings (SSSR count). The number of alkyl halides is 3. The number of nitrogens with one attached hydrogen (secondary N) is 1. The number of allylic oxidation sites excluding steroid dienone is 1. The first-order valence-corrected chi connectivity index (χ1v) is 5.38. The van der Waals surface area contributed by atoms with Gasteiger partial charge >= 0.3 is 6.18 Å². The van der Waals surface area contributed by atoms with E-state index in [2.05, 4.69) is 11.3 Å². The second-order valence-electron chi connectivity index (χ2n) is 3.33. The van der Waals surface area contributed by atoms with Gasteiger partial charge in [0.2, 0.25) is 0 Å². The van der Waals surface area contributed by atoms with Crippen LogP contribution >= 0.6 is 11.9 Å². The van der Waals surface area contributed by atoms with E-state index in [-0.39, 0.29) is 0 Å². The van der Waals surface area contributed by atoms with E-state index in [0.717, 1.165) is 24.1 Å². The SMILES string of the molecule is C=C(C)c1cc(SNC)cc(C(F)(F)F)c1. The monoisotopic (exact) mass is 247 g/mol. The van der Waals surface area contributed by atoms with Crippen LogP contribution in [0.25, 0.3) is 5.57 Å². The van der Waals surface area contributed by atoms with Gasteiger partial charge in [-0.25, -0.2) is 0 Å². The molecule has 16 heavy (non-hydrogen) atoms. The number of benzene rings is 1. The van der Waals surface area contributed by atoms with Gasteiger partial charge in [0, 0.05) is 4.90 Å². The van der Waals surface area contributed by atoms with Crippen molar-refractivity contribution < 1.29 is 13.2 Å². The summed E-state index contributed by atoms with van der Waals surface area (Å²) < 4.78 is 40.5. The maximum atomic E-state index is 12.6. The summed E-state index contributed by atoms with van der Waals surface area (Å²) in [5.41, 5.74) is 0.474. The van der Waals surface area contributed by atoms with Crippen molar-refractivity contribution in [2.45, 2.75) is 18.0 Å². The summed E-state index contributed by atoms with van der Waals surface area (Å²) in [7, 11) is 1.66. The molecule has 0 heterocycles. The fraction of sp³-hybridized carbons (Fsp3) is 0.273. The van der Waals surface area contributed by atoms with Crippen LogP contribution in [-0.4, -0.2) is 7.05 Å². The van der Waals surface area contributed by atoms with Crippen LogP contribution in [0.3, 0.4) is 0 Å². The van der Waals surface area contributed by atoms with Crippen LogP contribution in [0.4, 0.5) is 13.2 Å². The first-order chi connectivity index (χ1) is 7.34. The van der Waals surface area contributed by atoms with Crippen molar-refractivity contribution in [3.8, 4) is 0 Å². The molecule has 0 unspecified atom stereocenters. The molecule has 0 fully saturated rings. The second kappa shape index (κ2) is 4.93. The highest BCUT2D eigenvalue weighted by atomic mass is 32.2. The minimum Gasteiger partial charge on any atom is -0.263 e. The minimum absolute atomic E-state index is 0.507. The lowest BCUT2D eigenvalue weighted by Gasteiger charge is -2.11. The molecule has 0 atom stereocenters. The molecule has 0 aliphatic rings. The lowest BCUT2D eigenvalue weighted by atomic mass is 10.1. The Bertz CT molecular complexity index is 399. The summed E-state index contributed by atoms with van der Waals surface area (Å²) in [5, 5.41) is 0. The predicted molar refractivity (Wildman–Crippen MR) is 61.1 cm³/mol. The highest BCUT2D eigenvalue weighted by Gasteiger charge is 2.31. The van der Waals surface area contributed by atoms with E-state index in [4.69, 9.17) is 0 Å². The van der Waals surface area contributed by atoms with Gasteiger partial charge in [-0.2, -0.15) is 13.2 Å². The van der Waals surface area contributed by atoms with Crippen LogP contribution in [-0.2, 0) is 6.18 Å². The molecule has 0 bridgehead atoms. The second-order valence-corrected chi connectivity index (χ2v) is 4.41. The molecular formula is C11H12F3NS. The lowest BCUT2D eigenvalue weighted by Crippen LogP contribution is -2.06. The molecule has 0 radical (unpaired) electrons. The molecular weight excluding hydrogens is 235 g/mol. The van der Waals surface area contributed by atoms with Crippen molar-refractivity contribution in [2.24, 2.45) is 0 Å². The molecule has 88 valence electrons. The van der Waals surface area contributed by atoms with Gasteiger partial charge in [0.05, 0.1) is 5.56 Å². The van der Waals surface area contributed by atoms with Crippen LogP contribution in [0, 0.1) is 0 Å². The smallest absolute Gasteiger partial charge is 0.263 e. The zero-order valence-electron chi connectivity index (χ0n) is 8.98. The first-order valence-electron chi connectivity index (χ1n) is 4.56. The van der Waals surface area contributed by atoms with E-state index >= 15 is 0 Å². The summed E-state index contributed by atoms with van der Waals surface area (Å²) in [5.74, 6) is 0. The number of hydrogen-bond acceptors (Lipinski definition) is 2. The van der Waals surface area contributed by atoms with E-state index in [1.165, 1.54) is 0 Å². The van der Waals surface area contributed by atoms with E-state index in [0.29, 0.717) is 16.0 Å². The lowest BCUT2D eigenvalue weighted by molar-refractivity contribution is -0.137. The van der Waals surface area contributed by atoms with Crippen molar-refractivity contribution in [3.63, 3.8) is 0 Å². The maximum Gasteiger partial charge on any atom is 0.416 e. The highest BCUT2D eigenvalue weighted by Crippen LogP contribution is 2.33. The predicted octanol–water partition coefficient (Wildman–Crippen LogP) is 3.97. The molecule has 5 heteroatoms. The average Bonchev–Trinajstić information content (AvgIpc) is 2.16. The van der Waals surface area contributed by atoms with Crippen LogP contribution in [0.15, 0.2) is 29.7 Å². The van der Waals surface area contributed by atoms with Gasteiger partial charge in [-0.1, -0.05) is 12.2 Å². The Kier molecular flexibility index (Phi) is 4.04. The Morgan fingerprint density at radius 1 is 1.31 bits per heavy atom. The minimum atomic E-state index is -4.32. The average molecular weight is 247 g/mol. The van der Waals surface area contributed by atoms with Crippen molar-refractivity contribution in [2.75, 3.05) is 7.05 Å². The normalized spacial score (nSPS) is 11.6. The molecule has 0 aliphatic heterocycles. The van der Waals surface area contributed by atoms with Crippen LogP contribution in [0.1, 0.15) is 18.1 Å². The fourth-order valence-electron chi connectivity index (χ4n) is 1.19.